The fourth-order valence-corrected chi connectivity index (χ4v) is 1.53. The number of halogens is 2. The summed E-state index contributed by atoms with van der Waals surface area (Å²) in [6, 6.07) is 5.42. The Morgan fingerprint density at radius 2 is 1.81 bits per heavy atom. The molecule has 0 fully saturated rings. The van der Waals surface area contributed by atoms with Gasteiger partial charge in [0.2, 0.25) is 0 Å². The zero-order valence-corrected chi connectivity index (χ0v) is 9.83. The summed E-state index contributed by atoms with van der Waals surface area (Å²) in [5.74, 6) is 0. The van der Waals surface area contributed by atoms with Crippen molar-refractivity contribution in [2.24, 2.45) is 0 Å². The Balaban J connectivity index is 2.03. The maximum Gasteiger partial charge on any atom is 0.115 e. The molecule has 0 spiro atoms. The fraction of sp³-hybridized carbons (Fsp3) is 0.0909. The van der Waals surface area contributed by atoms with E-state index in [9.17, 15) is 0 Å². The number of anilines is 1. The molecule has 0 aliphatic carbocycles. The molecule has 1 N–H and O–H groups in total. The molecule has 0 bridgehead atoms. The highest BCUT2D eigenvalue weighted by Crippen LogP contribution is 2.25. The third-order valence-electron chi connectivity index (χ3n) is 2.03. The first-order valence-electron chi connectivity index (χ1n) is 4.68. The molecule has 5 heteroatoms. The molecule has 0 amide bonds. The molecule has 0 atom stereocenters. The SMILES string of the molecule is Clc1ccc(NCc2cncnc2)cc1Cl. The van der Waals surface area contributed by atoms with Crippen LogP contribution in [0.15, 0.2) is 36.9 Å². The highest BCUT2D eigenvalue weighted by atomic mass is 35.5. The maximum atomic E-state index is 5.90. The highest BCUT2D eigenvalue weighted by Gasteiger charge is 1.99. The van der Waals surface area contributed by atoms with E-state index in [2.05, 4.69) is 15.3 Å². The average molecular weight is 254 g/mol. The van der Waals surface area contributed by atoms with Gasteiger partial charge in [0.15, 0.2) is 0 Å². The Morgan fingerprint density at radius 3 is 2.50 bits per heavy atom. The minimum absolute atomic E-state index is 0.538. The van der Waals surface area contributed by atoms with E-state index in [-0.39, 0.29) is 0 Å². The fourth-order valence-electron chi connectivity index (χ4n) is 1.23. The van der Waals surface area contributed by atoms with Crippen LogP contribution >= 0.6 is 23.2 Å². The minimum Gasteiger partial charge on any atom is -0.381 e. The molecule has 1 heterocycles. The van der Waals surface area contributed by atoms with Crippen LogP contribution in [0.2, 0.25) is 10.0 Å². The predicted octanol–water partition coefficient (Wildman–Crippen LogP) is 3.40. The van der Waals surface area contributed by atoms with E-state index in [1.807, 2.05) is 6.07 Å². The number of aromatic nitrogens is 2. The molecule has 0 saturated carbocycles. The molecular weight excluding hydrogens is 245 g/mol. The normalized spacial score (nSPS) is 10.1. The maximum absolute atomic E-state index is 5.90. The third-order valence-corrected chi connectivity index (χ3v) is 2.77. The summed E-state index contributed by atoms with van der Waals surface area (Å²) < 4.78 is 0. The van der Waals surface area contributed by atoms with E-state index < -0.39 is 0 Å². The lowest BCUT2D eigenvalue weighted by atomic mass is 10.3. The molecular formula is C11H9Cl2N3. The smallest absolute Gasteiger partial charge is 0.115 e. The zero-order chi connectivity index (χ0) is 11.4. The van der Waals surface area contributed by atoms with Crippen molar-refractivity contribution in [3.05, 3.63) is 52.5 Å². The molecule has 0 radical (unpaired) electrons. The molecule has 0 aliphatic rings. The van der Waals surface area contributed by atoms with Crippen LogP contribution in [0.1, 0.15) is 5.56 Å². The van der Waals surface area contributed by atoms with Gasteiger partial charge in [0, 0.05) is 30.2 Å². The Hall–Kier alpha value is -1.32. The Bertz CT molecular complexity index is 474. The topological polar surface area (TPSA) is 37.8 Å². The van der Waals surface area contributed by atoms with Gasteiger partial charge in [0.05, 0.1) is 10.0 Å². The average Bonchev–Trinajstić information content (AvgIpc) is 2.32. The van der Waals surface area contributed by atoms with E-state index >= 15 is 0 Å². The van der Waals surface area contributed by atoms with Crippen molar-refractivity contribution < 1.29 is 0 Å². The van der Waals surface area contributed by atoms with Crippen LogP contribution in [-0.2, 0) is 6.54 Å². The molecule has 2 aromatic rings. The largest absolute Gasteiger partial charge is 0.381 e. The standard InChI is InChI=1S/C11H9Cl2N3/c12-10-2-1-9(3-11(10)13)16-6-8-4-14-7-15-5-8/h1-5,7,16H,6H2. The molecule has 2 rings (SSSR count). The van der Waals surface area contributed by atoms with Gasteiger partial charge in [0.25, 0.3) is 0 Å². The molecule has 82 valence electrons. The van der Waals surface area contributed by atoms with Gasteiger partial charge in [-0.1, -0.05) is 23.2 Å². The summed E-state index contributed by atoms with van der Waals surface area (Å²) >= 11 is 11.7. The van der Waals surface area contributed by atoms with Crippen molar-refractivity contribution in [1.29, 1.82) is 0 Å². The zero-order valence-electron chi connectivity index (χ0n) is 8.32. The lowest BCUT2D eigenvalue weighted by Crippen LogP contribution is -2.00. The molecule has 1 aromatic carbocycles. The Morgan fingerprint density at radius 1 is 1.06 bits per heavy atom. The quantitative estimate of drug-likeness (QED) is 0.912. The summed E-state index contributed by atoms with van der Waals surface area (Å²) in [4.78, 5) is 7.86. The van der Waals surface area contributed by atoms with Crippen LogP contribution in [0, 0.1) is 0 Å². The second-order valence-electron chi connectivity index (χ2n) is 3.23. The van der Waals surface area contributed by atoms with E-state index in [0.29, 0.717) is 16.6 Å². The number of hydrogen-bond donors (Lipinski definition) is 1. The predicted molar refractivity (Wildman–Crippen MR) is 65.8 cm³/mol. The van der Waals surface area contributed by atoms with Gasteiger partial charge >= 0.3 is 0 Å². The van der Waals surface area contributed by atoms with Gasteiger partial charge in [0.1, 0.15) is 6.33 Å². The van der Waals surface area contributed by atoms with Crippen molar-refractivity contribution in [1.82, 2.24) is 9.97 Å². The van der Waals surface area contributed by atoms with Crippen molar-refractivity contribution >= 4 is 28.9 Å². The molecule has 0 unspecified atom stereocenters. The van der Waals surface area contributed by atoms with Crippen LogP contribution in [0.3, 0.4) is 0 Å². The van der Waals surface area contributed by atoms with E-state index in [0.717, 1.165) is 11.3 Å². The van der Waals surface area contributed by atoms with Crippen LogP contribution in [0.5, 0.6) is 0 Å². The number of nitrogens with zero attached hydrogens (tertiary/aromatic N) is 2. The number of nitrogens with one attached hydrogen (secondary N) is 1. The first-order chi connectivity index (χ1) is 7.75. The van der Waals surface area contributed by atoms with Crippen molar-refractivity contribution in [3.63, 3.8) is 0 Å². The Kier molecular flexibility index (Phi) is 3.59. The van der Waals surface area contributed by atoms with Crippen LogP contribution in [0.4, 0.5) is 5.69 Å². The summed E-state index contributed by atoms with van der Waals surface area (Å²) in [5.41, 5.74) is 1.92. The first-order valence-corrected chi connectivity index (χ1v) is 5.44. The second-order valence-corrected chi connectivity index (χ2v) is 4.04. The van der Waals surface area contributed by atoms with Crippen LogP contribution < -0.4 is 5.32 Å². The minimum atomic E-state index is 0.538. The van der Waals surface area contributed by atoms with Crippen molar-refractivity contribution in [2.45, 2.75) is 6.54 Å². The molecule has 0 aliphatic heterocycles. The van der Waals surface area contributed by atoms with Gasteiger partial charge in [-0.2, -0.15) is 0 Å². The summed E-state index contributed by atoms with van der Waals surface area (Å²) in [6.07, 6.45) is 5.03. The van der Waals surface area contributed by atoms with E-state index in [1.165, 1.54) is 6.33 Å². The highest BCUT2D eigenvalue weighted by molar-refractivity contribution is 6.42. The van der Waals surface area contributed by atoms with Gasteiger partial charge in [-0.25, -0.2) is 9.97 Å². The van der Waals surface area contributed by atoms with Crippen LogP contribution in [0.25, 0.3) is 0 Å². The molecule has 16 heavy (non-hydrogen) atoms. The number of benzene rings is 1. The second kappa shape index (κ2) is 5.14. The van der Waals surface area contributed by atoms with E-state index in [1.54, 1.807) is 24.5 Å². The monoisotopic (exact) mass is 253 g/mol. The van der Waals surface area contributed by atoms with Crippen molar-refractivity contribution in [2.75, 3.05) is 5.32 Å². The lowest BCUT2D eigenvalue weighted by molar-refractivity contribution is 1.05. The Labute approximate surface area is 103 Å². The van der Waals surface area contributed by atoms with Gasteiger partial charge in [-0.15, -0.1) is 0 Å². The molecule has 0 saturated heterocycles. The van der Waals surface area contributed by atoms with Gasteiger partial charge in [-0.3, -0.25) is 0 Å². The number of hydrogen-bond acceptors (Lipinski definition) is 3. The van der Waals surface area contributed by atoms with Gasteiger partial charge in [-0.05, 0) is 18.2 Å². The summed E-state index contributed by atoms with van der Waals surface area (Å²) in [6.45, 7) is 0.652. The third kappa shape index (κ3) is 2.84. The summed E-state index contributed by atoms with van der Waals surface area (Å²) in [5, 5.41) is 4.30. The molecule has 1 aromatic heterocycles. The summed E-state index contributed by atoms with van der Waals surface area (Å²) in [7, 11) is 0. The van der Waals surface area contributed by atoms with Crippen molar-refractivity contribution in [3.8, 4) is 0 Å². The lowest BCUT2D eigenvalue weighted by Gasteiger charge is -2.06. The van der Waals surface area contributed by atoms with E-state index in [4.69, 9.17) is 23.2 Å². The van der Waals surface area contributed by atoms with Crippen LogP contribution in [-0.4, -0.2) is 9.97 Å². The van der Waals surface area contributed by atoms with Gasteiger partial charge < -0.3 is 5.32 Å². The number of rotatable bonds is 3. The molecule has 3 nitrogen and oxygen atoms in total. The first kappa shape index (κ1) is 11.2.